The molecule has 1 saturated heterocycles. The van der Waals surface area contributed by atoms with Crippen LogP contribution in [0.3, 0.4) is 0 Å². The molecular formula is C19H28N2O2. The summed E-state index contributed by atoms with van der Waals surface area (Å²) in [6.45, 7) is 2.65. The van der Waals surface area contributed by atoms with Gasteiger partial charge in [-0.1, -0.05) is 31.0 Å². The molecule has 2 aliphatic rings. The van der Waals surface area contributed by atoms with Crippen molar-refractivity contribution in [3.05, 3.63) is 30.3 Å². The molecule has 4 heteroatoms. The highest BCUT2D eigenvalue weighted by Gasteiger charge is 2.42. The molecule has 1 N–H and O–H groups in total. The first-order valence-electron chi connectivity index (χ1n) is 8.85. The van der Waals surface area contributed by atoms with Crippen LogP contribution in [0, 0.1) is 5.92 Å². The van der Waals surface area contributed by atoms with E-state index in [1.807, 2.05) is 37.4 Å². The van der Waals surface area contributed by atoms with Crippen molar-refractivity contribution in [2.45, 2.75) is 44.1 Å². The van der Waals surface area contributed by atoms with Gasteiger partial charge in [0.15, 0.2) is 0 Å². The molecule has 0 aromatic heterocycles. The number of anilines is 1. The number of hydrogen-bond acceptors (Lipinski definition) is 3. The van der Waals surface area contributed by atoms with Crippen LogP contribution < -0.4 is 4.90 Å². The monoisotopic (exact) mass is 316 g/mol. The fraction of sp³-hybridized carbons (Fsp3) is 0.632. The Bertz CT molecular complexity index is 533. The number of hydrogen-bond donors (Lipinski definition) is 1. The SMILES string of the molecule is CN(C(=O)CCN1CCC2(O)CCCCC2C1)c1ccccc1. The Balaban J connectivity index is 1.50. The number of rotatable bonds is 4. The molecule has 2 atom stereocenters. The molecule has 0 spiro atoms. The van der Waals surface area contributed by atoms with Crippen LogP contribution in [0.15, 0.2) is 30.3 Å². The van der Waals surface area contributed by atoms with E-state index in [9.17, 15) is 9.90 Å². The lowest BCUT2D eigenvalue weighted by Crippen LogP contribution is -2.53. The van der Waals surface area contributed by atoms with Gasteiger partial charge in [-0.2, -0.15) is 0 Å². The number of amides is 1. The zero-order valence-electron chi connectivity index (χ0n) is 14.1. The number of carbonyl (C=O) groups is 1. The van der Waals surface area contributed by atoms with Gasteiger partial charge in [0.2, 0.25) is 5.91 Å². The van der Waals surface area contributed by atoms with Gasteiger partial charge in [-0.3, -0.25) is 4.79 Å². The smallest absolute Gasteiger partial charge is 0.228 e. The van der Waals surface area contributed by atoms with Gasteiger partial charge in [0.1, 0.15) is 0 Å². The van der Waals surface area contributed by atoms with E-state index in [4.69, 9.17) is 0 Å². The molecule has 1 aliphatic carbocycles. The van der Waals surface area contributed by atoms with Crippen molar-refractivity contribution in [1.29, 1.82) is 0 Å². The van der Waals surface area contributed by atoms with Crippen molar-refractivity contribution in [2.75, 3.05) is 31.6 Å². The van der Waals surface area contributed by atoms with E-state index in [1.165, 1.54) is 6.42 Å². The lowest BCUT2D eigenvalue weighted by atomic mass is 9.71. The van der Waals surface area contributed by atoms with Crippen LogP contribution >= 0.6 is 0 Å². The second-order valence-electron chi connectivity index (χ2n) is 7.14. The van der Waals surface area contributed by atoms with Crippen molar-refractivity contribution in [2.24, 2.45) is 5.92 Å². The first kappa shape index (κ1) is 16.5. The van der Waals surface area contributed by atoms with Crippen molar-refractivity contribution in [1.82, 2.24) is 4.90 Å². The quantitative estimate of drug-likeness (QED) is 0.929. The minimum absolute atomic E-state index is 0.153. The first-order chi connectivity index (χ1) is 11.1. The van der Waals surface area contributed by atoms with Gasteiger partial charge < -0.3 is 14.9 Å². The Hall–Kier alpha value is -1.39. The second kappa shape index (κ2) is 7.02. The summed E-state index contributed by atoms with van der Waals surface area (Å²) in [4.78, 5) is 16.5. The highest BCUT2D eigenvalue weighted by Crippen LogP contribution is 2.39. The summed E-state index contributed by atoms with van der Waals surface area (Å²) in [5.41, 5.74) is 0.511. The van der Waals surface area contributed by atoms with Gasteiger partial charge in [-0.25, -0.2) is 0 Å². The summed E-state index contributed by atoms with van der Waals surface area (Å²) in [6, 6.07) is 9.78. The first-order valence-corrected chi connectivity index (χ1v) is 8.85. The van der Waals surface area contributed by atoms with E-state index in [-0.39, 0.29) is 5.91 Å². The van der Waals surface area contributed by atoms with Crippen LogP contribution in [-0.4, -0.2) is 48.2 Å². The number of piperidine rings is 1. The highest BCUT2D eigenvalue weighted by atomic mass is 16.3. The van der Waals surface area contributed by atoms with E-state index < -0.39 is 5.60 Å². The minimum Gasteiger partial charge on any atom is -0.390 e. The molecule has 1 heterocycles. The Labute approximate surface area is 139 Å². The number of fused-ring (bicyclic) bond motifs is 1. The summed E-state index contributed by atoms with van der Waals surface area (Å²) in [7, 11) is 1.84. The third-order valence-electron chi connectivity index (χ3n) is 5.67. The van der Waals surface area contributed by atoms with Gasteiger partial charge >= 0.3 is 0 Å². The van der Waals surface area contributed by atoms with Gasteiger partial charge in [-0.15, -0.1) is 0 Å². The number of nitrogens with zero attached hydrogens (tertiary/aromatic N) is 2. The Morgan fingerprint density at radius 2 is 2.09 bits per heavy atom. The largest absolute Gasteiger partial charge is 0.390 e. The van der Waals surface area contributed by atoms with E-state index in [0.717, 1.165) is 51.0 Å². The molecule has 1 saturated carbocycles. The molecule has 0 bridgehead atoms. The fourth-order valence-corrected chi connectivity index (χ4v) is 4.06. The maximum absolute atomic E-state index is 12.4. The van der Waals surface area contributed by atoms with Crippen LogP contribution in [0.5, 0.6) is 0 Å². The predicted molar refractivity (Wildman–Crippen MR) is 92.4 cm³/mol. The Morgan fingerprint density at radius 1 is 1.30 bits per heavy atom. The van der Waals surface area contributed by atoms with E-state index in [2.05, 4.69) is 4.90 Å². The van der Waals surface area contributed by atoms with Gasteiger partial charge in [-0.05, 0) is 31.4 Å². The highest BCUT2D eigenvalue weighted by molar-refractivity contribution is 5.92. The average Bonchev–Trinajstić information content (AvgIpc) is 2.59. The minimum atomic E-state index is -0.431. The molecule has 1 aliphatic heterocycles. The standard InChI is InChI=1S/C19H28N2O2/c1-20(17-8-3-2-4-9-17)18(22)10-13-21-14-12-19(23)11-6-5-7-16(19)15-21/h2-4,8-9,16,23H,5-7,10-15H2,1H3. The van der Waals surface area contributed by atoms with Crippen molar-refractivity contribution in [3.63, 3.8) is 0 Å². The zero-order valence-corrected chi connectivity index (χ0v) is 14.1. The Morgan fingerprint density at radius 3 is 2.87 bits per heavy atom. The molecule has 1 aromatic rings. The maximum Gasteiger partial charge on any atom is 0.228 e. The summed E-state index contributed by atoms with van der Waals surface area (Å²) >= 11 is 0. The number of para-hydroxylation sites is 1. The normalized spacial score (nSPS) is 28.2. The topological polar surface area (TPSA) is 43.8 Å². The molecule has 23 heavy (non-hydrogen) atoms. The number of carbonyl (C=O) groups excluding carboxylic acids is 1. The lowest BCUT2D eigenvalue weighted by Gasteiger charge is -2.47. The van der Waals surface area contributed by atoms with Gasteiger partial charge in [0.25, 0.3) is 0 Å². The summed E-state index contributed by atoms with van der Waals surface area (Å²) < 4.78 is 0. The zero-order chi connectivity index (χ0) is 16.3. The predicted octanol–water partition coefficient (Wildman–Crippen LogP) is 2.67. The van der Waals surface area contributed by atoms with Crippen molar-refractivity contribution < 1.29 is 9.90 Å². The molecule has 126 valence electrons. The maximum atomic E-state index is 12.4. The average molecular weight is 316 g/mol. The van der Waals surface area contributed by atoms with E-state index >= 15 is 0 Å². The van der Waals surface area contributed by atoms with E-state index in [1.54, 1.807) is 4.90 Å². The van der Waals surface area contributed by atoms with Crippen LogP contribution in [-0.2, 0) is 4.79 Å². The van der Waals surface area contributed by atoms with Crippen LogP contribution in [0.1, 0.15) is 38.5 Å². The number of likely N-dealkylation sites (tertiary alicyclic amines) is 1. The van der Waals surface area contributed by atoms with Crippen LogP contribution in [0.2, 0.25) is 0 Å². The number of aliphatic hydroxyl groups is 1. The molecule has 4 nitrogen and oxygen atoms in total. The van der Waals surface area contributed by atoms with E-state index in [0.29, 0.717) is 12.3 Å². The third kappa shape index (κ3) is 3.75. The Kier molecular flexibility index (Phi) is 5.02. The molecule has 0 radical (unpaired) electrons. The van der Waals surface area contributed by atoms with Crippen molar-refractivity contribution in [3.8, 4) is 0 Å². The summed E-state index contributed by atoms with van der Waals surface area (Å²) in [6.07, 6.45) is 5.88. The van der Waals surface area contributed by atoms with Crippen molar-refractivity contribution >= 4 is 11.6 Å². The van der Waals surface area contributed by atoms with Gasteiger partial charge in [0, 0.05) is 44.7 Å². The van der Waals surface area contributed by atoms with Gasteiger partial charge in [0.05, 0.1) is 5.60 Å². The second-order valence-corrected chi connectivity index (χ2v) is 7.14. The summed E-state index contributed by atoms with van der Waals surface area (Å²) in [5, 5.41) is 10.7. The fourth-order valence-electron chi connectivity index (χ4n) is 4.06. The van der Waals surface area contributed by atoms with Crippen LogP contribution in [0.25, 0.3) is 0 Å². The molecule has 2 fully saturated rings. The molecule has 1 aromatic carbocycles. The summed E-state index contributed by atoms with van der Waals surface area (Å²) in [5.74, 6) is 0.549. The number of benzene rings is 1. The van der Waals surface area contributed by atoms with Crippen LogP contribution in [0.4, 0.5) is 5.69 Å². The molecule has 2 unspecified atom stereocenters. The molecular weight excluding hydrogens is 288 g/mol. The lowest BCUT2D eigenvalue weighted by molar-refractivity contribution is -0.119. The third-order valence-corrected chi connectivity index (χ3v) is 5.67. The molecule has 1 amide bonds. The molecule has 3 rings (SSSR count).